The molecule has 0 fully saturated rings. The summed E-state index contributed by atoms with van der Waals surface area (Å²) in [6.45, 7) is 2.81. The van der Waals surface area contributed by atoms with Crippen LogP contribution in [0.15, 0.2) is 12.4 Å². The van der Waals surface area contributed by atoms with Gasteiger partial charge in [0.15, 0.2) is 5.69 Å². The first kappa shape index (κ1) is 16.0. The van der Waals surface area contributed by atoms with Crippen molar-refractivity contribution in [3.05, 3.63) is 34.4 Å². The molecule has 0 saturated carbocycles. The molecular formula is C13H16ClN5O3. The van der Waals surface area contributed by atoms with Crippen LogP contribution in [0.5, 0.6) is 0 Å². The molecule has 0 spiro atoms. The predicted molar refractivity (Wildman–Crippen MR) is 79.1 cm³/mol. The van der Waals surface area contributed by atoms with E-state index in [9.17, 15) is 9.59 Å². The summed E-state index contributed by atoms with van der Waals surface area (Å²) in [7, 11) is 1.56. The highest BCUT2D eigenvalue weighted by molar-refractivity contribution is 6.31. The lowest BCUT2D eigenvalue weighted by Crippen LogP contribution is -2.26. The standard InChI is InChI=1S/C13H16ClN5O3/c1-8-10(14)7-19(16-8)5-3-4-15-12(20)9-6-18(2)17-11(9)13(21)22/h6-7H,3-5H2,1-2H3,(H,15,20)(H,21,22). The van der Waals surface area contributed by atoms with Crippen LogP contribution in [0, 0.1) is 6.92 Å². The molecule has 8 nitrogen and oxygen atoms in total. The normalized spacial score (nSPS) is 10.7. The maximum absolute atomic E-state index is 12.0. The third-order valence-corrected chi connectivity index (χ3v) is 3.38. The first-order chi connectivity index (χ1) is 10.4. The molecule has 1 amide bonds. The van der Waals surface area contributed by atoms with Crippen molar-refractivity contribution in [3.8, 4) is 0 Å². The average Bonchev–Trinajstić information content (AvgIpc) is 2.98. The summed E-state index contributed by atoms with van der Waals surface area (Å²) in [5.41, 5.74) is 0.551. The van der Waals surface area contributed by atoms with E-state index < -0.39 is 11.9 Å². The number of nitrogens with zero attached hydrogens (tertiary/aromatic N) is 4. The molecule has 2 aromatic heterocycles. The first-order valence-corrected chi connectivity index (χ1v) is 7.01. The summed E-state index contributed by atoms with van der Waals surface area (Å²) in [5.74, 6) is -1.69. The third-order valence-electron chi connectivity index (χ3n) is 3.01. The molecule has 0 aliphatic carbocycles. The number of hydrogen-bond donors (Lipinski definition) is 2. The minimum Gasteiger partial charge on any atom is -0.476 e. The molecule has 0 saturated heterocycles. The molecule has 2 rings (SSSR count). The SMILES string of the molecule is Cc1nn(CCCNC(=O)c2cn(C)nc2C(=O)O)cc1Cl. The molecule has 2 aromatic rings. The topological polar surface area (TPSA) is 102 Å². The largest absolute Gasteiger partial charge is 0.476 e. The highest BCUT2D eigenvalue weighted by Crippen LogP contribution is 2.12. The van der Waals surface area contributed by atoms with Crippen molar-refractivity contribution >= 4 is 23.5 Å². The molecule has 0 atom stereocenters. The molecule has 2 heterocycles. The van der Waals surface area contributed by atoms with Gasteiger partial charge in [0, 0.05) is 32.5 Å². The Kier molecular flexibility index (Phi) is 4.81. The van der Waals surface area contributed by atoms with Crippen molar-refractivity contribution in [2.75, 3.05) is 6.54 Å². The molecular weight excluding hydrogens is 310 g/mol. The van der Waals surface area contributed by atoms with E-state index in [0.29, 0.717) is 24.5 Å². The summed E-state index contributed by atoms with van der Waals surface area (Å²) in [6.07, 6.45) is 3.75. The van der Waals surface area contributed by atoms with Crippen LogP contribution in [0.2, 0.25) is 5.02 Å². The van der Waals surface area contributed by atoms with Gasteiger partial charge in [-0.25, -0.2) is 4.79 Å². The van der Waals surface area contributed by atoms with Crippen LogP contribution in [0.1, 0.15) is 33.0 Å². The van der Waals surface area contributed by atoms with Crippen molar-refractivity contribution < 1.29 is 14.7 Å². The van der Waals surface area contributed by atoms with E-state index in [-0.39, 0.29) is 11.3 Å². The Bertz CT molecular complexity index is 687. The molecule has 9 heteroatoms. The smallest absolute Gasteiger partial charge is 0.357 e. The van der Waals surface area contributed by atoms with Crippen molar-refractivity contribution in [2.24, 2.45) is 7.05 Å². The fourth-order valence-electron chi connectivity index (χ4n) is 1.96. The summed E-state index contributed by atoms with van der Waals surface area (Å²) in [5, 5.41) is 20.2. The molecule has 0 bridgehead atoms. The molecule has 0 unspecified atom stereocenters. The zero-order valence-electron chi connectivity index (χ0n) is 12.2. The van der Waals surface area contributed by atoms with Crippen LogP contribution < -0.4 is 5.32 Å². The fourth-order valence-corrected chi connectivity index (χ4v) is 2.11. The number of aromatic carboxylic acids is 1. The van der Waals surface area contributed by atoms with Crippen LogP contribution in [0.3, 0.4) is 0 Å². The van der Waals surface area contributed by atoms with E-state index in [1.54, 1.807) is 17.9 Å². The van der Waals surface area contributed by atoms with Gasteiger partial charge in [-0.1, -0.05) is 11.6 Å². The number of halogens is 1. The van der Waals surface area contributed by atoms with Gasteiger partial charge in [-0.3, -0.25) is 14.2 Å². The number of carbonyl (C=O) groups is 2. The number of carbonyl (C=O) groups excluding carboxylic acids is 1. The minimum atomic E-state index is -1.23. The van der Waals surface area contributed by atoms with E-state index in [1.165, 1.54) is 10.9 Å². The molecule has 0 aliphatic rings. The van der Waals surface area contributed by atoms with Crippen LogP contribution in [-0.2, 0) is 13.6 Å². The third kappa shape index (κ3) is 3.64. The summed E-state index contributed by atoms with van der Waals surface area (Å²) in [4.78, 5) is 23.0. The van der Waals surface area contributed by atoms with Crippen LogP contribution in [-0.4, -0.2) is 43.1 Å². The Morgan fingerprint density at radius 3 is 2.68 bits per heavy atom. The highest BCUT2D eigenvalue weighted by Gasteiger charge is 2.20. The quantitative estimate of drug-likeness (QED) is 0.774. The van der Waals surface area contributed by atoms with Gasteiger partial charge in [0.2, 0.25) is 0 Å². The van der Waals surface area contributed by atoms with Gasteiger partial charge in [0.25, 0.3) is 5.91 Å². The second kappa shape index (κ2) is 6.61. The van der Waals surface area contributed by atoms with Gasteiger partial charge in [-0.05, 0) is 13.3 Å². The fraction of sp³-hybridized carbons (Fsp3) is 0.385. The first-order valence-electron chi connectivity index (χ1n) is 6.63. The molecule has 0 aliphatic heterocycles. The number of rotatable bonds is 6. The van der Waals surface area contributed by atoms with Gasteiger partial charge < -0.3 is 10.4 Å². The van der Waals surface area contributed by atoms with E-state index >= 15 is 0 Å². The molecule has 0 radical (unpaired) electrons. The predicted octanol–water partition coefficient (Wildman–Crippen LogP) is 1.10. The maximum Gasteiger partial charge on any atom is 0.357 e. The average molecular weight is 326 g/mol. The van der Waals surface area contributed by atoms with E-state index in [0.717, 1.165) is 5.69 Å². The van der Waals surface area contributed by atoms with Crippen molar-refractivity contribution in [1.29, 1.82) is 0 Å². The van der Waals surface area contributed by atoms with Gasteiger partial charge >= 0.3 is 5.97 Å². The molecule has 0 aromatic carbocycles. The van der Waals surface area contributed by atoms with Crippen LogP contribution >= 0.6 is 11.6 Å². The van der Waals surface area contributed by atoms with E-state index in [4.69, 9.17) is 16.7 Å². The van der Waals surface area contributed by atoms with Crippen LogP contribution in [0.4, 0.5) is 0 Å². The number of nitrogens with one attached hydrogen (secondary N) is 1. The number of hydrogen-bond acceptors (Lipinski definition) is 4. The molecule has 118 valence electrons. The Morgan fingerprint density at radius 1 is 1.36 bits per heavy atom. The maximum atomic E-state index is 12.0. The number of aromatic nitrogens is 4. The Hall–Kier alpha value is -2.35. The monoisotopic (exact) mass is 325 g/mol. The second-order valence-corrected chi connectivity index (χ2v) is 5.21. The highest BCUT2D eigenvalue weighted by atomic mass is 35.5. The summed E-state index contributed by atoms with van der Waals surface area (Å²) in [6, 6.07) is 0. The lowest BCUT2D eigenvalue weighted by Gasteiger charge is -2.04. The van der Waals surface area contributed by atoms with Crippen LogP contribution in [0.25, 0.3) is 0 Å². The number of aryl methyl sites for hydroxylation is 3. The Balaban J connectivity index is 1.87. The number of amides is 1. The Labute approximate surface area is 131 Å². The van der Waals surface area contributed by atoms with Gasteiger partial charge in [0.1, 0.15) is 0 Å². The van der Waals surface area contributed by atoms with Gasteiger partial charge in [-0.2, -0.15) is 10.2 Å². The summed E-state index contributed by atoms with van der Waals surface area (Å²) >= 11 is 5.90. The second-order valence-electron chi connectivity index (χ2n) is 4.81. The van der Waals surface area contributed by atoms with Crippen molar-refractivity contribution in [1.82, 2.24) is 24.9 Å². The van der Waals surface area contributed by atoms with Crippen molar-refractivity contribution in [3.63, 3.8) is 0 Å². The zero-order chi connectivity index (χ0) is 16.3. The van der Waals surface area contributed by atoms with Crippen molar-refractivity contribution in [2.45, 2.75) is 19.9 Å². The Morgan fingerprint density at radius 2 is 2.09 bits per heavy atom. The number of carboxylic acids is 1. The summed E-state index contributed by atoms with van der Waals surface area (Å²) < 4.78 is 3.00. The lowest BCUT2D eigenvalue weighted by molar-refractivity contribution is 0.0684. The van der Waals surface area contributed by atoms with Gasteiger partial charge in [-0.15, -0.1) is 0 Å². The lowest BCUT2D eigenvalue weighted by atomic mass is 10.2. The van der Waals surface area contributed by atoms with E-state index in [2.05, 4.69) is 15.5 Å². The minimum absolute atomic E-state index is 0.0491. The molecule has 22 heavy (non-hydrogen) atoms. The number of carboxylic acid groups (broad SMARTS) is 1. The zero-order valence-corrected chi connectivity index (χ0v) is 13.0. The molecule has 2 N–H and O–H groups in total. The van der Waals surface area contributed by atoms with E-state index in [1.807, 2.05) is 6.92 Å². The van der Waals surface area contributed by atoms with Gasteiger partial charge in [0.05, 0.1) is 16.3 Å².